The first-order valence-corrected chi connectivity index (χ1v) is 9.56. The van der Waals surface area contributed by atoms with Crippen LogP contribution in [0.15, 0.2) is 47.3 Å². The quantitative estimate of drug-likeness (QED) is 0.390. The van der Waals surface area contributed by atoms with Gasteiger partial charge in [0.2, 0.25) is 5.78 Å². The minimum Gasteiger partial charge on any atom is -0.479 e. The molecule has 30 heavy (non-hydrogen) atoms. The lowest BCUT2D eigenvalue weighted by Crippen LogP contribution is -2.42. The number of hydrogen-bond donors (Lipinski definition) is 0. The fourth-order valence-corrected chi connectivity index (χ4v) is 3.66. The molecule has 3 aliphatic rings. The van der Waals surface area contributed by atoms with Crippen LogP contribution < -0.4 is 0 Å². The van der Waals surface area contributed by atoms with Crippen molar-refractivity contribution in [3.05, 3.63) is 47.3 Å². The predicted octanol–water partition coefficient (Wildman–Crippen LogP) is 2.10. The van der Waals surface area contributed by atoms with Crippen molar-refractivity contribution in [3.63, 3.8) is 0 Å². The van der Waals surface area contributed by atoms with Crippen LogP contribution in [0.4, 0.5) is 0 Å². The summed E-state index contributed by atoms with van der Waals surface area (Å²) >= 11 is 0. The highest BCUT2D eigenvalue weighted by Crippen LogP contribution is 2.42. The fourth-order valence-electron chi connectivity index (χ4n) is 3.66. The highest BCUT2D eigenvalue weighted by atomic mass is 16.6. The molecule has 0 unspecified atom stereocenters. The van der Waals surface area contributed by atoms with E-state index in [1.165, 1.54) is 26.0 Å². The second-order valence-corrected chi connectivity index (χ2v) is 7.81. The zero-order valence-corrected chi connectivity index (χ0v) is 17.4. The minimum atomic E-state index is -1.24. The molecule has 8 heteroatoms. The van der Waals surface area contributed by atoms with E-state index in [-0.39, 0.29) is 30.0 Å². The second kappa shape index (κ2) is 7.93. The van der Waals surface area contributed by atoms with Crippen LogP contribution in [0.3, 0.4) is 0 Å². The number of esters is 3. The van der Waals surface area contributed by atoms with E-state index < -0.39 is 41.6 Å². The summed E-state index contributed by atoms with van der Waals surface area (Å²) in [5, 5.41) is 0. The average Bonchev–Trinajstić information content (AvgIpc) is 3.10. The molecular formula is C22H24O8. The van der Waals surface area contributed by atoms with Gasteiger partial charge < -0.3 is 18.9 Å². The van der Waals surface area contributed by atoms with E-state index in [4.69, 9.17) is 18.9 Å². The zero-order valence-electron chi connectivity index (χ0n) is 17.4. The van der Waals surface area contributed by atoms with Gasteiger partial charge in [0, 0.05) is 30.6 Å². The molecule has 4 atom stereocenters. The van der Waals surface area contributed by atoms with Crippen LogP contribution in [-0.4, -0.2) is 48.1 Å². The number of carbonyl (C=O) groups excluding carboxylic acids is 4. The first-order chi connectivity index (χ1) is 14.0. The summed E-state index contributed by atoms with van der Waals surface area (Å²) in [5.74, 6) is -2.22. The van der Waals surface area contributed by atoms with Crippen LogP contribution in [0, 0.1) is 5.92 Å². The zero-order chi connectivity index (χ0) is 22.2. The van der Waals surface area contributed by atoms with Crippen molar-refractivity contribution < 1.29 is 38.1 Å². The van der Waals surface area contributed by atoms with Gasteiger partial charge in [-0.1, -0.05) is 6.58 Å². The van der Waals surface area contributed by atoms with E-state index in [0.29, 0.717) is 11.3 Å². The summed E-state index contributed by atoms with van der Waals surface area (Å²) in [5.41, 5.74) is -0.205. The molecular weight excluding hydrogens is 392 g/mol. The third-order valence-corrected chi connectivity index (χ3v) is 5.43. The van der Waals surface area contributed by atoms with Crippen molar-refractivity contribution in [2.75, 3.05) is 6.61 Å². The van der Waals surface area contributed by atoms with E-state index in [1.54, 1.807) is 19.9 Å². The Balaban J connectivity index is 1.91. The Morgan fingerprint density at radius 3 is 2.70 bits per heavy atom. The number of fused-ring (bicyclic) bond motifs is 3. The molecule has 3 rings (SSSR count). The summed E-state index contributed by atoms with van der Waals surface area (Å²) in [7, 11) is 0. The number of hydrogen-bond acceptors (Lipinski definition) is 8. The molecule has 0 spiro atoms. The standard InChI is InChI=1S/C22H24O8/c1-11(6-7-27-14(4)23)20(25)29-17-10-22(5)18(24)9-15(30-22)12(2)8-16-19(17)13(3)21(26)28-16/h6,8-9,16-17,19H,3,7,10H2,1-2,4-5H3/b11-6+,12-8-/t16-,17-,19+,22-/m1/s1. The summed E-state index contributed by atoms with van der Waals surface area (Å²) in [6.45, 7) is 9.90. The van der Waals surface area contributed by atoms with E-state index in [1.807, 2.05) is 0 Å². The van der Waals surface area contributed by atoms with E-state index in [2.05, 4.69) is 6.58 Å². The Morgan fingerprint density at radius 2 is 2.03 bits per heavy atom. The highest BCUT2D eigenvalue weighted by molar-refractivity contribution is 6.00. The third-order valence-electron chi connectivity index (χ3n) is 5.43. The maximum atomic E-state index is 12.7. The van der Waals surface area contributed by atoms with Crippen LogP contribution in [0.5, 0.6) is 0 Å². The molecule has 1 fully saturated rings. The molecule has 160 valence electrons. The molecule has 0 radical (unpaired) electrons. The largest absolute Gasteiger partial charge is 0.479 e. The molecule has 3 heterocycles. The SMILES string of the molecule is C=C1C(=O)O[C@@H]2/C=C(/C)C3=CC(=O)[C@@](C)(C[C@@H](OC(=O)/C(C)=C/COC(C)=O)[C@@H]12)O3. The van der Waals surface area contributed by atoms with Gasteiger partial charge in [-0.2, -0.15) is 0 Å². The number of ether oxygens (including phenoxy) is 4. The van der Waals surface area contributed by atoms with E-state index in [0.717, 1.165) is 0 Å². The maximum Gasteiger partial charge on any atom is 0.334 e. The summed E-state index contributed by atoms with van der Waals surface area (Å²) < 4.78 is 21.8. The van der Waals surface area contributed by atoms with Crippen LogP contribution in [-0.2, 0) is 38.1 Å². The topological polar surface area (TPSA) is 105 Å². The number of ketones is 1. The van der Waals surface area contributed by atoms with Gasteiger partial charge in [-0.25, -0.2) is 9.59 Å². The van der Waals surface area contributed by atoms with E-state index in [9.17, 15) is 19.2 Å². The van der Waals surface area contributed by atoms with Gasteiger partial charge in [-0.3, -0.25) is 9.59 Å². The Labute approximate surface area is 174 Å². The molecule has 0 aliphatic carbocycles. The van der Waals surface area contributed by atoms with Crippen molar-refractivity contribution in [1.29, 1.82) is 0 Å². The predicted molar refractivity (Wildman–Crippen MR) is 104 cm³/mol. The average molecular weight is 416 g/mol. The van der Waals surface area contributed by atoms with Crippen molar-refractivity contribution in [2.45, 2.75) is 51.9 Å². The van der Waals surface area contributed by atoms with Gasteiger partial charge in [0.25, 0.3) is 0 Å². The number of rotatable bonds is 4. The Bertz CT molecular complexity index is 921. The molecule has 0 amide bonds. The number of carbonyl (C=O) groups is 4. The van der Waals surface area contributed by atoms with Crippen LogP contribution in [0.2, 0.25) is 0 Å². The van der Waals surface area contributed by atoms with Gasteiger partial charge in [-0.05, 0) is 38.5 Å². The van der Waals surface area contributed by atoms with Crippen molar-refractivity contribution in [2.24, 2.45) is 5.92 Å². The monoisotopic (exact) mass is 416 g/mol. The Hall–Kier alpha value is -3.16. The molecule has 0 aromatic rings. The molecule has 3 aliphatic heterocycles. The van der Waals surface area contributed by atoms with Crippen molar-refractivity contribution in [3.8, 4) is 0 Å². The Morgan fingerprint density at radius 1 is 1.33 bits per heavy atom. The van der Waals surface area contributed by atoms with Gasteiger partial charge in [0.1, 0.15) is 24.6 Å². The van der Waals surface area contributed by atoms with Gasteiger partial charge >= 0.3 is 17.9 Å². The van der Waals surface area contributed by atoms with Crippen molar-refractivity contribution >= 4 is 23.7 Å². The number of allylic oxidation sites excluding steroid dienone is 1. The van der Waals surface area contributed by atoms with Gasteiger partial charge in [0.05, 0.1) is 5.92 Å². The smallest absolute Gasteiger partial charge is 0.334 e. The summed E-state index contributed by atoms with van der Waals surface area (Å²) in [6.07, 6.45) is 2.93. The normalized spacial score (nSPS) is 32.5. The van der Waals surface area contributed by atoms with Gasteiger partial charge in [-0.15, -0.1) is 0 Å². The molecule has 0 aromatic carbocycles. The molecule has 0 aromatic heterocycles. The second-order valence-electron chi connectivity index (χ2n) is 7.81. The Kier molecular flexibility index (Phi) is 5.70. The summed E-state index contributed by atoms with van der Waals surface area (Å²) in [6, 6.07) is 0. The molecule has 1 saturated heterocycles. The van der Waals surface area contributed by atoms with Crippen LogP contribution >= 0.6 is 0 Å². The lowest BCUT2D eigenvalue weighted by atomic mass is 9.82. The molecule has 0 N–H and O–H groups in total. The fraction of sp³-hybridized carbons (Fsp3) is 0.455. The minimum absolute atomic E-state index is 0.0206. The maximum absolute atomic E-state index is 12.7. The molecule has 0 saturated carbocycles. The van der Waals surface area contributed by atoms with Gasteiger partial charge in [0.15, 0.2) is 5.60 Å². The molecule has 2 bridgehead atoms. The van der Waals surface area contributed by atoms with Crippen LogP contribution in [0.1, 0.15) is 34.1 Å². The third kappa shape index (κ3) is 4.08. The summed E-state index contributed by atoms with van der Waals surface area (Å²) in [4.78, 5) is 48.3. The van der Waals surface area contributed by atoms with Crippen LogP contribution in [0.25, 0.3) is 0 Å². The van der Waals surface area contributed by atoms with Crippen molar-refractivity contribution in [1.82, 2.24) is 0 Å². The lowest BCUT2D eigenvalue weighted by molar-refractivity contribution is -0.153. The first-order valence-electron chi connectivity index (χ1n) is 9.56. The molecule has 8 nitrogen and oxygen atoms in total. The highest BCUT2D eigenvalue weighted by Gasteiger charge is 2.51. The first kappa shape index (κ1) is 21.5. The lowest BCUT2D eigenvalue weighted by Gasteiger charge is -2.31. The van der Waals surface area contributed by atoms with E-state index >= 15 is 0 Å².